The molecule has 3 aromatic carbocycles. The van der Waals surface area contributed by atoms with E-state index in [2.05, 4.69) is 4.72 Å². The summed E-state index contributed by atoms with van der Waals surface area (Å²) in [6.45, 7) is -0.0438. The molecule has 3 rings (SSSR count). The van der Waals surface area contributed by atoms with Gasteiger partial charge in [-0.25, -0.2) is 13.2 Å². The second-order valence-electron chi connectivity index (χ2n) is 6.28. The van der Waals surface area contributed by atoms with Gasteiger partial charge in [-0.1, -0.05) is 29.8 Å². The number of ether oxygens (including phenoxy) is 1. The van der Waals surface area contributed by atoms with E-state index in [-0.39, 0.29) is 17.1 Å². The number of primary amides is 1. The minimum absolute atomic E-state index is 0.0438. The smallest absolute Gasteiger partial charge is 0.338 e. The lowest BCUT2D eigenvalue weighted by Gasteiger charge is -2.10. The Hall–Kier alpha value is -3.36. The van der Waals surface area contributed by atoms with Crippen molar-refractivity contribution in [2.24, 2.45) is 5.73 Å². The van der Waals surface area contributed by atoms with Crippen molar-refractivity contribution in [3.05, 3.63) is 94.5 Å². The Labute approximate surface area is 178 Å². The summed E-state index contributed by atoms with van der Waals surface area (Å²) in [7, 11) is -3.91. The lowest BCUT2D eigenvalue weighted by atomic mass is 10.1. The zero-order valence-corrected chi connectivity index (χ0v) is 17.1. The third-order valence-electron chi connectivity index (χ3n) is 4.08. The second kappa shape index (κ2) is 8.98. The van der Waals surface area contributed by atoms with Gasteiger partial charge in [-0.2, -0.15) is 0 Å². The van der Waals surface area contributed by atoms with Crippen LogP contribution in [0.4, 0.5) is 5.69 Å². The molecular weight excluding hydrogens is 428 g/mol. The van der Waals surface area contributed by atoms with Crippen LogP contribution < -0.4 is 10.5 Å². The standard InChI is InChI=1S/C21H17ClN2O5S/c22-17-8-10-18(11-9-17)24-30(27,28)19-3-1-2-16(12-19)21(26)29-13-14-4-6-15(7-5-14)20(23)25/h1-12,24H,13H2,(H2,23,25). The van der Waals surface area contributed by atoms with Crippen LogP contribution >= 0.6 is 11.6 Å². The van der Waals surface area contributed by atoms with Gasteiger partial charge in [-0.05, 0) is 60.2 Å². The first-order valence-corrected chi connectivity index (χ1v) is 10.5. The minimum atomic E-state index is -3.91. The maximum absolute atomic E-state index is 12.6. The van der Waals surface area contributed by atoms with Crippen molar-refractivity contribution in [3.63, 3.8) is 0 Å². The van der Waals surface area contributed by atoms with Crippen molar-refractivity contribution < 1.29 is 22.7 Å². The Morgan fingerprint density at radius 2 is 1.60 bits per heavy atom. The molecule has 0 saturated heterocycles. The fourth-order valence-electron chi connectivity index (χ4n) is 2.52. The Bertz CT molecular complexity index is 1180. The average molecular weight is 445 g/mol. The van der Waals surface area contributed by atoms with E-state index in [1.54, 1.807) is 24.3 Å². The highest BCUT2D eigenvalue weighted by Crippen LogP contribution is 2.19. The fourth-order valence-corrected chi connectivity index (χ4v) is 3.75. The molecule has 0 aliphatic rings. The van der Waals surface area contributed by atoms with Gasteiger partial charge in [0.05, 0.1) is 10.5 Å². The van der Waals surface area contributed by atoms with Crippen LogP contribution in [-0.2, 0) is 21.4 Å². The van der Waals surface area contributed by atoms with E-state index in [1.807, 2.05) is 0 Å². The van der Waals surface area contributed by atoms with Crippen LogP contribution in [0.3, 0.4) is 0 Å². The molecule has 0 spiro atoms. The summed E-state index contributed by atoms with van der Waals surface area (Å²) in [5.41, 5.74) is 6.61. The number of nitrogens with one attached hydrogen (secondary N) is 1. The largest absolute Gasteiger partial charge is 0.457 e. The number of sulfonamides is 1. The number of anilines is 1. The minimum Gasteiger partial charge on any atom is -0.457 e. The number of nitrogens with two attached hydrogens (primary N) is 1. The highest BCUT2D eigenvalue weighted by molar-refractivity contribution is 7.92. The van der Waals surface area contributed by atoms with Gasteiger partial charge in [0.1, 0.15) is 6.61 Å². The van der Waals surface area contributed by atoms with E-state index in [1.165, 1.54) is 48.5 Å². The zero-order valence-electron chi connectivity index (χ0n) is 15.5. The molecule has 0 aliphatic heterocycles. The lowest BCUT2D eigenvalue weighted by molar-refractivity contribution is 0.0472. The third kappa shape index (κ3) is 5.37. The number of hydrogen-bond donors (Lipinski definition) is 2. The van der Waals surface area contributed by atoms with Gasteiger partial charge in [0.2, 0.25) is 5.91 Å². The summed E-state index contributed by atoms with van der Waals surface area (Å²) in [5.74, 6) is -1.23. The monoisotopic (exact) mass is 444 g/mol. The van der Waals surface area contributed by atoms with E-state index < -0.39 is 21.9 Å². The Morgan fingerprint density at radius 3 is 2.23 bits per heavy atom. The molecule has 0 saturated carbocycles. The van der Waals surface area contributed by atoms with E-state index in [9.17, 15) is 18.0 Å². The lowest BCUT2D eigenvalue weighted by Crippen LogP contribution is -2.14. The molecule has 0 radical (unpaired) electrons. The average Bonchev–Trinajstić information content (AvgIpc) is 2.74. The summed E-state index contributed by atoms with van der Waals surface area (Å²) < 4.78 is 32.8. The first kappa shape index (κ1) is 21.4. The van der Waals surface area contributed by atoms with Crippen molar-refractivity contribution in [1.82, 2.24) is 0 Å². The number of hydrogen-bond acceptors (Lipinski definition) is 5. The van der Waals surface area contributed by atoms with Crippen LogP contribution in [0.15, 0.2) is 77.7 Å². The first-order valence-electron chi connectivity index (χ1n) is 8.69. The van der Waals surface area contributed by atoms with Crippen molar-refractivity contribution in [2.75, 3.05) is 4.72 Å². The van der Waals surface area contributed by atoms with Crippen LogP contribution in [-0.4, -0.2) is 20.3 Å². The number of benzene rings is 3. The van der Waals surface area contributed by atoms with Crippen LogP contribution in [0.25, 0.3) is 0 Å². The van der Waals surface area contributed by atoms with Crippen molar-refractivity contribution in [3.8, 4) is 0 Å². The molecule has 0 heterocycles. The SMILES string of the molecule is NC(=O)c1ccc(COC(=O)c2cccc(S(=O)(=O)Nc3ccc(Cl)cc3)c2)cc1. The highest BCUT2D eigenvalue weighted by atomic mass is 35.5. The van der Waals surface area contributed by atoms with Crippen molar-refractivity contribution in [2.45, 2.75) is 11.5 Å². The molecule has 0 aliphatic carbocycles. The number of esters is 1. The van der Waals surface area contributed by atoms with Crippen molar-refractivity contribution >= 4 is 39.2 Å². The van der Waals surface area contributed by atoms with Crippen LogP contribution in [0.1, 0.15) is 26.3 Å². The van der Waals surface area contributed by atoms with Gasteiger partial charge in [0.15, 0.2) is 0 Å². The van der Waals surface area contributed by atoms with Gasteiger partial charge < -0.3 is 10.5 Å². The van der Waals surface area contributed by atoms with Gasteiger partial charge in [-0.3, -0.25) is 9.52 Å². The maximum Gasteiger partial charge on any atom is 0.338 e. The summed E-state index contributed by atoms with van der Waals surface area (Å²) in [4.78, 5) is 23.3. The van der Waals surface area contributed by atoms with Gasteiger partial charge in [0, 0.05) is 16.3 Å². The molecule has 0 atom stereocenters. The summed E-state index contributed by atoms with van der Waals surface area (Å²) >= 11 is 5.80. The molecule has 0 unspecified atom stereocenters. The molecule has 7 nitrogen and oxygen atoms in total. The molecule has 0 fully saturated rings. The van der Waals surface area contributed by atoms with E-state index in [0.717, 1.165) is 0 Å². The third-order valence-corrected chi connectivity index (χ3v) is 5.72. The molecule has 3 aromatic rings. The number of carbonyl (C=O) groups is 2. The van der Waals surface area contributed by atoms with Crippen LogP contribution in [0, 0.1) is 0 Å². The number of halogens is 1. The summed E-state index contributed by atoms with van der Waals surface area (Å²) in [6.07, 6.45) is 0. The summed E-state index contributed by atoms with van der Waals surface area (Å²) in [5, 5.41) is 0.479. The quantitative estimate of drug-likeness (QED) is 0.540. The number of carbonyl (C=O) groups excluding carboxylic acids is 2. The molecule has 0 bridgehead atoms. The highest BCUT2D eigenvalue weighted by Gasteiger charge is 2.17. The van der Waals surface area contributed by atoms with Crippen LogP contribution in [0.5, 0.6) is 0 Å². The second-order valence-corrected chi connectivity index (χ2v) is 8.40. The van der Waals surface area contributed by atoms with E-state index in [4.69, 9.17) is 22.1 Å². The number of rotatable bonds is 7. The molecule has 154 valence electrons. The van der Waals surface area contributed by atoms with Gasteiger partial charge in [-0.15, -0.1) is 0 Å². The molecule has 0 aromatic heterocycles. The maximum atomic E-state index is 12.6. The number of amides is 1. The normalized spacial score (nSPS) is 11.0. The Balaban J connectivity index is 1.69. The fraction of sp³-hybridized carbons (Fsp3) is 0.0476. The molecule has 3 N–H and O–H groups in total. The first-order chi connectivity index (χ1) is 14.2. The van der Waals surface area contributed by atoms with E-state index >= 15 is 0 Å². The van der Waals surface area contributed by atoms with Gasteiger partial charge >= 0.3 is 5.97 Å². The van der Waals surface area contributed by atoms with Gasteiger partial charge in [0.25, 0.3) is 10.0 Å². The molecule has 1 amide bonds. The molecule has 9 heteroatoms. The Kier molecular flexibility index (Phi) is 6.39. The van der Waals surface area contributed by atoms with Crippen molar-refractivity contribution in [1.29, 1.82) is 0 Å². The predicted octanol–water partition coefficient (Wildman–Crippen LogP) is 3.60. The van der Waals surface area contributed by atoms with Crippen LogP contribution in [0.2, 0.25) is 5.02 Å². The Morgan fingerprint density at radius 1 is 0.933 bits per heavy atom. The van der Waals surface area contributed by atoms with E-state index in [0.29, 0.717) is 21.8 Å². The molecule has 30 heavy (non-hydrogen) atoms. The topological polar surface area (TPSA) is 116 Å². The zero-order chi connectivity index (χ0) is 21.7. The predicted molar refractivity (Wildman–Crippen MR) is 113 cm³/mol. The molecular formula is C21H17ClN2O5S. The summed E-state index contributed by atoms with van der Waals surface area (Å²) in [6, 6.07) is 18.0.